The average Bonchev–Trinajstić information content (AvgIpc) is 2.95. The van der Waals surface area contributed by atoms with Crippen LogP contribution in [0.1, 0.15) is 30.5 Å². The van der Waals surface area contributed by atoms with Gasteiger partial charge in [0.05, 0.1) is 24.8 Å². The third-order valence-electron chi connectivity index (χ3n) is 6.82. The van der Waals surface area contributed by atoms with Gasteiger partial charge in [0, 0.05) is 0 Å². The molecule has 182 valence electrons. The van der Waals surface area contributed by atoms with Crippen LogP contribution < -0.4 is 4.74 Å². The van der Waals surface area contributed by atoms with E-state index in [9.17, 15) is 0 Å². The van der Waals surface area contributed by atoms with Crippen LogP contribution in [0.25, 0.3) is 0 Å². The molecule has 0 bridgehead atoms. The van der Waals surface area contributed by atoms with Crippen LogP contribution >= 0.6 is 0 Å². The molecule has 0 aliphatic carbocycles. The summed E-state index contributed by atoms with van der Waals surface area (Å²) in [6.45, 7) is 4.24. The van der Waals surface area contributed by atoms with Crippen molar-refractivity contribution in [2.75, 3.05) is 7.11 Å². The topological polar surface area (TPSA) is 40.0 Å². The van der Waals surface area contributed by atoms with Crippen LogP contribution in [0.2, 0.25) is 0 Å². The lowest BCUT2D eigenvalue weighted by atomic mass is 9.79. The van der Waals surface area contributed by atoms with E-state index in [1.807, 2.05) is 42.5 Å². The summed E-state index contributed by atoms with van der Waals surface area (Å²) in [5.74, 6) is 1.66. The van der Waals surface area contributed by atoms with Gasteiger partial charge in [0.2, 0.25) is 0 Å². The Kier molecular flexibility index (Phi) is 6.88. The molecule has 0 radical (unpaired) electrons. The van der Waals surface area contributed by atoms with Crippen LogP contribution in [0.15, 0.2) is 120 Å². The highest BCUT2D eigenvalue weighted by Crippen LogP contribution is 2.43. The fraction of sp³-hybridized carbons (Fsp3) is 0.219. The Hall–Kier alpha value is -3.89. The molecule has 4 aromatic carbocycles. The summed E-state index contributed by atoms with van der Waals surface area (Å²) in [5, 5.41) is 0. The second kappa shape index (κ2) is 10.4. The second-order valence-electron chi connectivity index (χ2n) is 9.12. The standard InChI is InChI=1S/C32H31NO3/c1-23-30(35-31(23)33-28-19-21-29(34-3)22-20-28)24(2)36-32(25-13-7-4-8-14-25,26-15-9-5-10-16-26)27-17-11-6-12-18-27/h4-24,30H,1-3H3/t23-,24+,30-/m1/s1. The maximum atomic E-state index is 7.10. The van der Waals surface area contributed by atoms with Gasteiger partial charge in [-0.25, -0.2) is 4.99 Å². The Labute approximate surface area is 213 Å². The molecule has 0 amide bonds. The Morgan fingerprint density at radius 2 is 1.19 bits per heavy atom. The minimum Gasteiger partial charge on any atom is -0.497 e. The van der Waals surface area contributed by atoms with Crippen molar-refractivity contribution in [3.05, 3.63) is 132 Å². The normalized spacial score (nSPS) is 19.2. The van der Waals surface area contributed by atoms with Crippen molar-refractivity contribution in [1.82, 2.24) is 0 Å². The van der Waals surface area contributed by atoms with Gasteiger partial charge in [0.15, 0.2) is 5.90 Å². The van der Waals surface area contributed by atoms with Crippen molar-refractivity contribution in [2.24, 2.45) is 10.9 Å². The molecule has 36 heavy (non-hydrogen) atoms. The van der Waals surface area contributed by atoms with Crippen LogP contribution in [0.3, 0.4) is 0 Å². The fourth-order valence-corrected chi connectivity index (χ4v) is 4.90. The van der Waals surface area contributed by atoms with Crippen molar-refractivity contribution >= 4 is 11.6 Å². The smallest absolute Gasteiger partial charge is 0.195 e. The summed E-state index contributed by atoms with van der Waals surface area (Å²) in [7, 11) is 1.66. The summed E-state index contributed by atoms with van der Waals surface area (Å²) >= 11 is 0. The first-order valence-corrected chi connectivity index (χ1v) is 12.4. The van der Waals surface area contributed by atoms with Gasteiger partial charge in [-0.3, -0.25) is 0 Å². The predicted octanol–water partition coefficient (Wildman–Crippen LogP) is 7.16. The van der Waals surface area contributed by atoms with Crippen molar-refractivity contribution in [3.8, 4) is 5.75 Å². The highest BCUT2D eigenvalue weighted by atomic mass is 16.6. The maximum absolute atomic E-state index is 7.10. The van der Waals surface area contributed by atoms with Gasteiger partial charge in [-0.2, -0.15) is 0 Å². The molecule has 1 aliphatic heterocycles. The first-order valence-electron chi connectivity index (χ1n) is 12.4. The Morgan fingerprint density at radius 1 is 0.722 bits per heavy atom. The van der Waals surface area contributed by atoms with E-state index in [1.165, 1.54) is 0 Å². The molecular formula is C32H31NO3. The molecule has 1 aliphatic rings. The third-order valence-corrected chi connectivity index (χ3v) is 6.82. The summed E-state index contributed by atoms with van der Waals surface area (Å²) in [5.41, 5.74) is 3.29. The fourth-order valence-electron chi connectivity index (χ4n) is 4.90. The number of hydrogen-bond donors (Lipinski definition) is 0. The second-order valence-corrected chi connectivity index (χ2v) is 9.12. The molecule has 4 aromatic rings. The lowest BCUT2D eigenvalue weighted by molar-refractivity contribution is -0.120. The maximum Gasteiger partial charge on any atom is 0.195 e. The van der Waals surface area contributed by atoms with E-state index in [2.05, 4.69) is 86.6 Å². The summed E-state index contributed by atoms with van der Waals surface area (Å²) < 4.78 is 18.6. The minimum atomic E-state index is -0.783. The van der Waals surface area contributed by atoms with Gasteiger partial charge < -0.3 is 14.2 Å². The zero-order valence-corrected chi connectivity index (χ0v) is 20.9. The molecule has 0 unspecified atom stereocenters. The van der Waals surface area contributed by atoms with Crippen LogP contribution in [0.5, 0.6) is 5.75 Å². The molecule has 0 saturated carbocycles. The van der Waals surface area contributed by atoms with Crippen LogP contribution in [0.4, 0.5) is 5.69 Å². The molecule has 4 heteroatoms. The molecule has 0 N–H and O–H groups in total. The third kappa shape index (κ3) is 4.52. The van der Waals surface area contributed by atoms with Gasteiger partial charge in [-0.05, 0) is 47.9 Å². The average molecular weight is 478 g/mol. The number of aliphatic imine (C=N–C) groups is 1. The molecule has 3 atom stereocenters. The van der Waals surface area contributed by atoms with E-state index in [4.69, 9.17) is 19.2 Å². The zero-order chi connectivity index (χ0) is 25.0. The summed E-state index contributed by atoms with van der Waals surface area (Å²) in [4.78, 5) is 4.71. The van der Waals surface area contributed by atoms with Gasteiger partial charge in [-0.15, -0.1) is 0 Å². The lowest BCUT2D eigenvalue weighted by Crippen LogP contribution is -2.52. The molecule has 1 heterocycles. The van der Waals surface area contributed by atoms with Crippen molar-refractivity contribution < 1.29 is 14.2 Å². The minimum absolute atomic E-state index is 0.113. The quantitative estimate of drug-likeness (QED) is 0.253. The molecule has 5 rings (SSSR count). The van der Waals surface area contributed by atoms with E-state index < -0.39 is 5.60 Å². The number of benzene rings is 4. The van der Waals surface area contributed by atoms with Crippen LogP contribution in [-0.4, -0.2) is 25.2 Å². The zero-order valence-electron chi connectivity index (χ0n) is 20.9. The summed E-state index contributed by atoms with van der Waals surface area (Å²) in [6.07, 6.45) is -0.312. The highest BCUT2D eigenvalue weighted by Gasteiger charge is 2.46. The van der Waals surface area contributed by atoms with E-state index in [1.54, 1.807) is 7.11 Å². The first kappa shape index (κ1) is 23.8. The van der Waals surface area contributed by atoms with Crippen molar-refractivity contribution in [2.45, 2.75) is 31.7 Å². The van der Waals surface area contributed by atoms with Crippen molar-refractivity contribution in [3.63, 3.8) is 0 Å². The largest absolute Gasteiger partial charge is 0.497 e. The number of rotatable bonds is 8. The molecule has 4 nitrogen and oxygen atoms in total. The number of methoxy groups -OCH3 is 1. The van der Waals surface area contributed by atoms with Gasteiger partial charge in [0.25, 0.3) is 0 Å². The van der Waals surface area contributed by atoms with Gasteiger partial charge in [0.1, 0.15) is 17.5 Å². The monoisotopic (exact) mass is 477 g/mol. The molecule has 1 saturated heterocycles. The van der Waals surface area contributed by atoms with Gasteiger partial charge >= 0.3 is 0 Å². The Morgan fingerprint density at radius 3 is 1.61 bits per heavy atom. The summed E-state index contributed by atoms with van der Waals surface area (Å²) in [6, 6.07) is 38.9. The van der Waals surface area contributed by atoms with E-state index in [-0.39, 0.29) is 18.1 Å². The molecular weight excluding hydrogens is 446 g/mol. The first-order chi connectivity index (χ1) is 17.6. The lowest BCUT2D eigenvalue weighted by Gasteiger charge is -2.45. The van der Waals surface area contributed by atoms with E-state index >= 15 is 0 Å². The van der Waals surface area contributed by atoms with Gasteiger partial charge in [-0.1, -0.05) is 97.9 Å². The SMILES string of the molecule is COc1ccc(N=C2O[C@@H]([C@H](C)OC(c3ccccc3)(c3ccccc3)c3ccccc3)[C@H]2C)cc1. The number of nitrogens with zero attached hydrogens (tertiary/aromatic N) is 1. The van der Waals surface area contributed by atoms with E-state index in [0.717, 1.165) is 34.0 Å². The molecule has 0 spiro atoms. The van der Waals surface area contributed by atoms with Crippen LogP contribution in [-0.2, 0) is 15.1 Å². The predicted molar refractivity (Wildman–Crippen MR) is 144 cm³/mol. The Bertz CT molecular complexity index is 1190. The van der Waals surface area contributed by atoms with Crippen LogP contribution in [0, 0.1) is 5.92 Å². The number of hydrogen-bond acceptors (Lipinski definition) is 4. The van der Waals surface area contributed by atoms with E-state index in [0.29, 0.717) is 0 Å². The highest BCUT2D eigenvalue weighted by molar-refractivity contribution is 5.86. The number of ether oxygens (including phenoxy) is 3. The Balaban J connectivity index is 1.47. The molecule has 1 fully saturated rings. The van der Waals surface area contributed by atoms with Crippen molar-refractivity contribution in [1.29, 1.82) is 0 Å². The molecule has 0 aromatic heterocycles.